The predicted molar refractivity (Wildman–Crippen MR) is 76.2 cm³/mol. The standard InChI is InChI=1S/C15H17NOS/c1-11-8-14(6-7-15(11)17-2)18-13-5-3-4-12(9-13)10-16/h3-9H,10,16H2,1-2H3. The fraction of sp³-hybridized carbons (Fsp3) is 0.200. The highest BCUT2D eigenvalue weighted by molar-refractivity contribution is 7.99. The smallest absolute Gasteiger partial charge is 0.121 e. The van der Waals surface area contributed by atoms with Gasteiger partial charge in [-0.2, -0.15) is 0 Å². The Labute approximate surface area is 112 Å². The molecule has 0 spiro atoms. The van der Waals surface area contributed by atoms with Crippen molar-refractivity contribution in [3.05, 3.63) is 53.6 Å². The summed E-state index contributed by atoms with van der Waals surface area (Å²) in [4.78, 5) is 2.42. The largest absolute Gasteiger partial charge is 0.496 e. The van der Waals surface area contributed by atoms with E-state index in [1.54, 1.807) is 18.9 Å². The molecule has 0 aliphatic rings. The van der Waals surface area contributed by atoms with Crippen molar-refractivity contribution in [1.82, 2.24) is 0 Å². The molecule has 0 aromatic heterocycles. The van der Waals surface area contributed by atoms with Crippen molar-refractivity contribution in [2.24, 2.45) is 5.73 Å². The van der Waals surface area contributed by atoms with Crippen LogP contribution in [-0.4, -0.2) is 7.11 Å². The van der Waals surface area contributed by atoms with Crippen molar-refractivity contribution < 1.29 is 4.74 Å². The van der Waals surface area contributed by atoms with Crippen molar-refractivity contribution in [3.8, 4) is 5.75 Å². The van der Waals surface area contributed by atoms with Crippen molar-refractivity contribution in [2.45, 2.75) is 23.3 Å². The molecule has 0 unspecified atom stereocenters. The fourth-order valence-electron chi connectivity index (χ4n) is 1.79. The molecule has 2 N–H and O–H groups in total. The third-order valence-corrected chi connectivity index (χ3v) is 3.72. The number of rotatable bonds is 4. The van der Waals surface area contributed by atoms with Crippen LogP contribution in [0.5, 0.6) is 5.75 Å². The molecular formula is C15H17NOS. The minimum atomic E-state index is 0.579. The monoisotopic (exact) mass is 259 g/mol. The number of hydrogen-bond acceptors (Lipinski definition) is 3. The van der Waals surface area contributed by atoms with Gasteiger partial charge in [-0.3, -0.25) is 0 Å². The van der Waals surface area contributed by atoms with Crippen molar-refractivity contribution >= 4 is 11.8 Å². The summed E-state index contributed by atoms with van der Waals surface area (Å²) in [5.41, 5.74) is 7.96. The predicted octanol–water partition coefficient (Wildman–Crippen LogP) is 3.61. The number of hydrogen-bond donors (Lipinski definition) is 1. The highest BCUT2D eigenvalue weighted by atomic mass is 32.2. The second-order valence-electron chi connectivity index (χ2n) is 4.09. The van der Waals surface area contributed by atoms with Gasteiger partial charge in [-0.25, -0.2) is 0 Å². The topological polar surface area (TPSA) is 35.2 Å². The Hall–Kier alpha value is -1.45. The molecule has 0 amide bonds. The van der Waals surface area contributed by atoms with Gasteiger partial charge in [0.1, 0.15) is 5.75 Å². The van der Waals surface area contributed by atoms with E-state index in [1.165, 1.54) is 9.79 Å². The molecule has 3 heteroatoms. The van der Waals surface area contributed by atoms with Crippen molar-refractivity contribution in [2.75, 3.05) is 7.11 Å². The normalized spacial score (nSPS) is 10.4. The first-order valence-electron chi connectivity index (χ1n) is 5.84. The summed E-state index contributed by atoms with van der Waals surface area (Å²) >= 11 is 1.74. The van der Waals surface area contributed by atoms with Crippen LogP contribution < -0.4 is 10.5 Å². The second-order valence-corrected chi connectivity index (χ2v) is 5.23. The lowest BCUT2D eigenvalue weighted by atomic mass is 10.2. The minimum Gasteiger partial charge on any atom is -0.496 e. The summed E-state index contributed by atoms with van der Waals surface area (Å²) in [5, 5.41) is 0. The van der Waals surface area contributed by atoms with Gasteiger partial charge in [-0.1, -0.05) is 23.9 Å². The molecule has 0 atom stereocenters. The van der Waals surface area contributed by atoms with E-state index >= 15 is 0 Å². The fourth-order valence-corrected chi connectivity index (χ4v) is 2.79. The van der Waals surface area contributed by atoms with Gasteiger partial charge in [0.25, 0.3) is 0 Å². The number of methoxy groups -OCH3 is 1. The zero-order valence-electron chi connectivity index (χ0n) is 10.6. The Morgan fingerprint density at radius 1 is 1.11 bits per heavy atom. The molecule has 0 bridgehead atoms. The number of ether oxygens (including phenoxy) is 1. The Kier molecular flexibility index (Phi) is 4.28. The van der Waals surface area contributed by atoms with Crippen LogP contribution in [-0.2, 0) is 6.54 Å². The first-order chi connectivity index (χ1) is 8.72. The second kappa shape index (κ2) is 5.94. The molecule has 0 radical (unpaired) electrons. The first kappa shape index (κ1) is 13.0. The SMILES string of the molecule is COc1ccc(Sc2cccc(CN)c2)cc1C. The Morgan fingerprint density at radius 2 is 1.89 bits per heavy atom. The maximum absolute atomic E-state index is 5.65. The van der Waals surface area contributed by atoms with Gasteiger partial charge in [0, 0.05) is 16.3 Å². The van der Waals surface area contributed by atoms with Crippen LogP contribution in [0.3, 0.4) is 0 Å². The van der Waals surface area contributed by atoms with Gasteiger partial charge < -0.3 is 10.5 Å². The van der Waals surface area contributed by atoms with Crippen LogP contribution in [0.4, 0.5) is 0 Å². The van der Waals surface area contributed by atoms with Crippen LogP contribution in [0.2, 0.25) is 0 Å². The summed E-state index contributed by atoms with van der Waals surface area (Å²) in [6.07, 6.45) is 0. The quantitative estimate of drug-likeness (QED) is 0.911. The molecule has 0 aliphatic heterocycles. The highest BCUT2D eigenvalue weighted by Gasteiger charge is 2.02. The highest BCUT2D eigenvalue weighted by Crippen LogP contribution is 2.31. The number of nitrogens with two attached hydrogens (primary N) is 1. The molecule has 0 saturated heterocycles. The van der Waals surface area contributed by atoms with Gasteiger partial charge in [0.05, 0.1) is 7.11 Å². The van der Waals surface area contributed by atoms with E-state index in [-0.39, 0.29) is 0 Å². The molecule has 0 fully saturated rings. The van der Waals surface area contributed by atoms with E-state index in [2.05, 4.69) is 31.2 Å². The van der Waals surface area contributed by atoms with Crippen LogP contribution >= 0.6 is 11.8 Å². The van der Waals surface area contributed by atoms with Gasteiger partial charge in [0.15, 0.2) is 0 Å². The molecule has 0 aliphatic carbocycles. The summed E-state index contributed by atoms with van der Waals surface area (Å²) in [7, 11) is 1.69. The van der Waals surface area contributed by atoms with Gasteiger partial charge in [-0.05, 0) is 48.4 Å². The molecule has 2 aromatic carbocycles. The van der Waals surface area contributed by atoms with Crippen LogP contribution in [0.15, 0.2) is 52.3 Å². The van der Waals surface area contributed by atoms with E-state index < -0.39 is 0 Å². The number of benzene rings is 2. The maximum atomic E-state index is 5.65. The van der Waals surface area contributed by atoms with E-state index in [9.17, 15) is 0 Å². The van der Waals surface area contributed by atoms with Crippen molar-refractivity contribution in [3.63, 3.8) is 0 Å². The molecular weight excluding hydrogens is 242 g/mol. The van der Waals surface area contributed by atoms with Crippen LogP contribution in [0, 0.1) is 6.92 Å². The Balaban J connectivity index is 2.20. The molecule has 2 nitrogen and oxygen atoms in total. The summed E-state index contributed by atoms with van der Waals surface area (Å²) < 4.78 is 5.26. The van der Waals surface area contributed by atoms with E-state index in [1.807, 2.05) is 18.2 Å². The molecule has 2 aromatic rings. The third kappa shape index (κ3) is 3.06. The van der Waals surface area contributed by atoms with Crippen LogP contribution in [0.25, 0.3) is 0 Å². The van der Waals surface area contributed by atoms with E-state index in [0.717, 1.165) is 16.9 Å². The summed E-state index contributed by atoms with van der Waals surface area (Å²) in [6.45, 7) is 2.63. The zero-order chi connectivity index (χ0) is 13.0. The lowest BCUT2D eigenvalue weighted by molar-refractivity contribution is 0.411. The molecule has 94 valence electrons. The van der Waals surface area contributed by atoms with Gasteiger partial charge in [-0.15, -0.1) is 0 Å². The first-order valence-corrected chi connectivity index (χ1v) is 6.66. The third-order valence-electron chi connectivity index (χ3n) is 2.74. The van der Waals surface area contributed by atoms with Crippen molar-refractivity contribution in [1.29, 1.82) is 0 Å². The zero-order valence-corrected chi connectivity index (χ0v) is 11.5. The summed E-state index contributed by atoms with van der Waals surface area (Å²) in [6, 6.07) is 14.5. The number of aryl methyl sites for hydroxylation is 1. The molecule has 18 heavy (non-hydrogen) atoms. The average Bonchev–Trinajstić information content (AvgIpc) is 2.39. The van der Waals surface area contributed by atoms with Gasteiger partial charge >= 0.3 is 0 Å². The Morgan fingerprint density at radius 3 is 2.56 bits per heavy atom. The maximum Gasteiger partial charge on any atom is 0.121 e. The Bertz CT molecular complexity index is 540. The van der Waals surface area contributed by atoms with E-state index in [0.29, 0.717) is 6.54 Å². The molecule has 0 heterocycles. The average molecular weight is 259 g/mol. The van der Waals surface area contributed by atoms with E-state index in [4.69, 9.17) is 10.5 Å². The minimum absolute atomic E-state index is 0.579. The molecule has 0 saturated carbocycles. The van der Waals surface area contributed by atoms with Gasteiger partial charge in [0.2, 0.25) is 0 Å². The lowest BCUT2D eigenvalue weighted by Gasteiger charge is -2.08. The summed E-state index contributed by atoms with van der Waals surface area (Å²) in [5.74, 6) is 0.926. The lowest BCUT2D eigenvalue weighted by Crippen LogP contribution is -1.95. The van der Waals surface area contributed by atoms with Crippen LogP contribution in [0.1, 0.15) is 11.1 Å². The molecule has 2 rings (SSSR count).